The number of aromatic nitrogens is 2. The van der Waals surface area contributed by atoms with E-state index in [-0.39, 0.29) is 5.91 Å². The SMILES string of the molecule is CNC(=O)c1cn[nH]c1-c1ccccc1Br. The van der Waals surface area contributed by atoms with Crippen molar-refractivity contribution in [2.45, 2.75) is 0 Å². The number of hydrogen-bond acceptors (Lipinski definition) is 2. The Labute approximate surface area is 101 Å². The summed E-state index contributed by atoms with van der Waals surface area (Å²) in [6, 6.07) is 7.67. The van der Waals surface area contributed by atoms with Gasteiger partial charge < -0.3 is 5.32 Å². The third-order valence-corrected chi connectivity index (χ3v) is 2.95. The van der Waals surface area contributed by atoms with Crippen molar-refractivity contribution in [2.24, 2.45) is 0 Å². The average molecular weight is 280 g/mol. The van der Waals surface area contributed by atoms with E-state index in [1.807, 2.05) is 24.3 Å². The van der Waals surface area contributed by atoms with Gasteiger partial charge in [-0.3, -0.25) is 9.89 Å². The Bertz CT molecular complexity index is 521. The Morgan fingerprint density at radius 1 is 1.44 bits per heavy atom. The first kappa shape index (κ1) is 10.9. The predicted octanol–water partition coefficient (Wildman–Crippen LogP) is 2.20. The average Bonchev–Trinajstić information content (AvgIpc) is 2.77. The molecule has 0 aliphatic rings. The third-order valence-electron chi connectivity index (χ3n) is 2.25. The number of halogens is 1. The highest BCUT2D eigenvalue weighted by Gasteiger charge is 2.15. The summed E-state index contributed by atoms with van der Waals surface area (Å²) >= 11 is 3.44. The molecule has 1 heterocycles. The standard InChI is InChI=1S/C11H10BrN3O/c1-13-11(16)8-6-14-15-10(8)7-4-2-3-5-9(7)12/h2-6H,1H3,(H,13,16)(H,14,15). The molecule has 0 aliphatic carbocycles. The van der Waals surface area contributed by atoms with Crippen molar-refractivity contribution in [1.29, 1.82) is 0 Å². The maximum atomic E-state index is 11.6. The van der Waals surface area contributed by atoms with E-state index in [1.165, 1.54) is 6.20 Å². The van der Waals surface area contributed by atoms with Gasteiger partial charge in [0.05, 0.1) is 17.5 Å². The van der Waals surface area contributed by atoms with Gasteiger partial charge in [-0.2, -0.15) is 5.10 Å². The van der Waals surface area contributed by atoms with Gasteiger partial charge in [0.1, 0.15) is 0 Å². The molecule has 0 unspecified atom stereocenters. The van der Waals surface area contributed by atoms with Crippen LogP contribution in [0.1, 0.15) is 10.4 Å². The first-order valence-electron chi connectivity index (χ1n) is 4.74. The summed E-state index contributed by atoms with van der Waals surface area (Å²) in [5, 5.41) is 9.32. The number of benzene rings is 1. The minimum Gasteiger partial charge on any atom is -0.355 e. The van der Waals surface area contributed by atoms with E-state index < -0.39 is 0 Å². The summed E-state index contributed by atoms with van der Waals surface area (Å²) in [4.78, 5) is 11.6. The lowest BCUT2D eigenvalue weighted by Gasteiger charge is -2.04. The molecule has 2 rings (SSSR count). The van der Waals surface area contributed by atoms with Crippen LogP contribution in [0, 0.1) is 0 Å². The summed E-state index contributed by atoms with van der Waals surface area (Å²) < 4.78 is 0.921. The summed E-state index contributed by atoms with van der Waals surface area (Å²) in [5.41, 5.74) is 2.17. The normalized spacial score (nSPS) is 10.1. The Morgan fingerprint density at radius 3 is 2.88 bits per heavy atom. The van der Waals surface area contributed by atoms with Crippen LogP contribution in [-0.4, -0.2) is 23.2 Å². The molecule has 1 amide bonds. The lowest BCUT2D eigenvalue weighted by atomic mass is 10.1. The van der Waals surface area contributed by atoms with Crippen molar-refractivity contribution in [3.8, 4) is 11.3 Å². The fourth-order valence-corrected chi connectivity index (χ4v) is 1.95. The third kappa shape index (κ3) is 1.86. The first-order chi connectivity index (χ1) is 7.74. The maximum absolute atomic E-state index is 11.6. The number of hydrogen-bond donors (Lipinski definition) is 2. The van der Waals surface area contributed by atoms with Gasteiger partial charge in [0.25, 0.3) is 5.91 Å². The van der Waals surface area contributed by atoms with E-state index in [9.17, 15) is 4.79 Å². The molecule has 0 atom stereocenters. The van der Waals surface area contributed by atoms with Gasteiger partial charge in [0, 0.05) is 17.1 Å². The molecule has 0 fully saturated rings. The first-order valence-corrected chi connectivity index (χ1v) is 5.53. The Balaban J connectivity index is 2.53. The summed E-state index contributed by atoms with van der Waals surface area (Å²) in [7, 11) is 1.60. The van der Waals surface area contributed by atoms with E-state index >= 15 is 0 Å². The highest BCUT2D eigenvalue weighted by molar-refractivity contribution is 9.10. The molecule has 82 valence electrons. The molecule has 2 N–H and O–H groups in total. The number of amides is 1. The van der Waals surface area contributed by atoms with Gasteiger partial charge in [0.15, 0.2) is 0 Å². The van der Waals surface area contributed by atoms with Crippen LogP contribution in [0.5, 0.6) is 0 Å². The Morgan fingerprint density at radius 2 is 2.19 bits per heavy atom. The largest absolute Gasteiger partial charge is 0.355 e. The van der Waals surface area contributed by atoms with E-state index in [1.54, 1.807) is 7.05 Å². The zero-order chi connectivity index (χ0) is 11.5. The van der Waals surface area contributed by atoms with Crippen LogP contribution in [0.25, 0.3) is 11.3 Å². The zero-order valence-corrected chi connectivity index (χ0v) is 10.2. The highest BCUT2D eigenvalue weighted by Crippen LogP contribution is 2.28. The highest BCUT2D eigenvalue weighted by atomic mass is 79.9. The molecule has 0 saturated carbocycles. The Kier molecular flexibility index (Phi) is 3.05. The molecule has 0 spiro atoms. The number of aromatic amines is 1. The fraction of sp³-hybridized carbons (Fsp3) is 0.0909. The van der Waals surface area contributed by atoms with E-state index in [0.29, 0.717) is 11.3 Å². The van der Waals surface area contributed by atoms with Gasteiger partial charge in [-0.25, -0.2) is 0 Å². The van der Waals surface area contributed by atoms with Crippen molar-refractivity contribution in [1.82, 2.24) is 15.5 Å². The van der Waals surface area contributed by atoms with Gasteiger partial charge in [-0.05, 0) is 6.07 Å². The number of rotatable bonds is 2. The van der Waals surface area contributed by atoms with Gasteiger partial charge in [-0.15, -0.1) is 0 Å². The molecule has 5 heteroatoms. The second kappa shape index (κ2) is 4.49. The topological polar surface area (TPSA) is 57.8 Å². The van der Waals surface area contributed by atoms with Crippen LogP contribution in [-0.2, 0) is 0 Å². The molecule has 0 saturated heterocycles. The minimum atomic E-state index is -0.153. The van der Waals surface area contributed by atoms with E-state index in [2.05, 4.69) is 31.4 Å². The lowest BCUT2D eigenvalue weighted by molar-refractivity contribution is 0.0964. The van der Waals surface area contributed by atoms with Crippen LogP contribution in [0.3, 0.4) is 0 Å². The number of nitrogens with zero attached hydrogens (tertiary/aromatic N) is 1. The minimum absolute atomic E-state index is 0.153. The van der Waals surface area contributed by atoms with Crippen LogP contribution in [0.15, 0.2) is 34.9 Å². The molecular formula is C11H10BrN3O. The smallest absolute Gasteiger partial charge is 0.254 e. The fourth-order valence-electron chi connectivity index (χ4n) is 1.46. The van der Waals surface area contributed by atoms with Gasteiger partial charge in [-0.1, -0.05) is 34.1 Å². The van der Waals surface area contributed by atoms with Crippen LogP contribution in [0.2, 0.25) is 0 Å². The van der Waals surface area contributed by atoms with Crippen molar-refractivity contribution < 1.29 is 4.79 Å². The number of carbonyl (C=O) groups excluding carboxylic acids is 1. The maximum Gasteiger partial charge on any atom is 0.254 e. The molecule has 0 aliphatic heterocycles. The van der Waals surface area contributed by atoms with E-state index in [0.717, 1.165) is 10.0 Å². The molecule has 0 bridgehead atoms. The second-order valence-electron chi connectivity index (χ2n) is 3.22. The molecule has 2 aromatic rings. The quantitative estimate of drug-likeness (QED) is 0.886. The molecule has 1 aromatic carbocycles. The molecule has 16 heavy (non-hydrogen) atoms. The second-order valence-corrected chi connectivity index (χ2v) is 4.07. The summed E-state index contributed by atoms with van der Waals surface area (Å²) in [5.74, 6) is -0.153. The van der Waals surface area contributed by atoms with E-state index in [4.69, 9.17) is 0 Å². The van der Waals surface area contributed by atoms with Crippen molar-refractivity contribution in [3.63, 3.8) is 0 Å². The van der Waals surface area contributed by atoms with Crippen LogP contribution < -0.4 is 5.32 Å². The van der Waals surface area contributed by atoms with Crippen molar-refractivity contribution >= 4 is 21.8 Å². The molecular weight excluding hydrogens is 270 g/mol. The van der Waals surface area contributed by atoms with Crippen LogP contribution >= 0.6 is 15.9 Å². The Hall–Kier alpha value is -1.62. The molecule has 1 aromatic heterocycles. The molecule has 4 nitrogen and oxygen atoms in total. The lowest BCUT2D eigenvalue weighted by Crippen LogP contribution is -2.17. The van der Waals surface area contributed by atoms with Gasteiger partial charge >= 0.3 is 0 Å². The summed E-state index contributed by atoms with van der Waals surface area (Å²) in [6.45, 7) is 0. The zero-order valence-electron chi connectivity index (χ0n) is 8.62. The summed E-state index contributed by atoms with van der Waals surface area (Å²) in [6.07, 6.45) is 1.52. The number of nitrogens with one attached hydrogen (secondary N) is 2. The van der Waals surface area contributed by atoms with Crippen LogP contribution in [0.4, 0.5) is 0 Å². The predicted molar refractivity (Wildman–Crippen MR) is 65.1 cm³/mol. The van der Waals surface area contributed by atoms with Crippen molar-refractivity contribution in [2.75, 3.05) is 7.05 Å². The van der Waals surface area contributed by atoms with Crippen molar-refractivity contribution in [3.05, 3.63) is 40.5 Å². The number of carbonyl (C=O) groups is 1. The monoisotopic (exact) mass is 279 g/mol. The molecule has 0 radical (unpaired) electrons. The van der Waals surface area contributed by atoms with Gasteiger partial charge in [0.2, 0.25) is 0 Å². The number of H-pyrrole nitrogens is 1.